The van der Waals surface area contributed by atoms with Crippen LogP contribution in [0, 0.1) is 0 Å². The Balaban J connectivity index is 0.00000112. The van der Waals surface area contributed by atoms with Crippen molar-refractivity contribution >= 4 is 47.8 Å². The number of aromatic nitrogens is 2. The zero-order chi connectivity index (χ0) is 10.1. The summed E-state index contributed by atoms with van der Waals surface area (Å²) in [7, 11) is 1.87. The first-order valence-electron chi connectivity index (χ1n) is 4.19. The maximum atomic E-state index is 5.29. The number of para-hydroxylation sites is 2. The van der Waals surface area contributed by atoms with Crippen molar-refractivity contribution in [2.24, 2.45) is 23.5 Å². The number of nitrogens with zero attached hydrogens (tertiary/aromatic N) is 3. The lowest BCUT2D eigenvalue weighted by Gasteiger charge is -1.95. The molecule has 0 bridgehead atoms. The van der Waals surface area contributed by atoms with E-state index in [0.717, 1.165) is 11.0 Å². The number of imidazole rings is 1. The van der Waals surface area contributed by atoms with Crippen LogP contribution in [0.3, 0.4) is 0 Å². The minimum Gasteiger partial charge on any atom is -0.370 e. The molecule has 0 saturated heterocycles. The first-order valence-corrected chi connectivity index (χ1v) is 4.19. The fourth-order valence-corrected chi connectivity index (χ4v) is 1.35. The van der Waals surface area contributed by atoms with E-state index in [-0.39, 0.29) is 30.8 Å². The third-order valence-corrected chi connectivity index (χ3v) is 1.99. The molecule has 2 rings (SSSR count). The number of fused-ring (bicyclic) bond motifs is 1. The number of guanidine groups is 1. The van der Waals surface area contributed by atoms with Gasteiger partial charge in [0.25, 0.3) is 0 Å². The molecule has 0 spiro atoms. The quantitative estimate of drug-likeness (QED) is 0.600. The van der Waals surface area contributed by atoms with Gasteiger partial charge in [0.15, 0.2) is 5.96 Å². The van der Waals surface area contributed by atoms with Crippen molar-refractivity contribution < 1.29 is 0 Å². The minimum absolute atomic E-state index is 0. The average Bonchev–Trinajstić information content (AvgIpc) is 2.44. The van der Waals surface area contributed by atoms with Crippen molar-refractivity contribution in [3.63, 3.8) is 0 Å². The Labute approximate surface area is 105 Å². The lowest BCUT2D eigenvalue weighted by Crippen LogP contribution is -2.22. The molecule has 1 aromatic carbocycles. The van der Waals surface area contributed by atoms with Crippen molar-refractivity contribution in [1.29, 1.82) is 0 Å². The number of rotatable bonds is 1. The van der Waals surface area contributed by atoms with Gasteiger partial charge in [-0.15, -0.1) is 24.8 Å². The van der Waals surface area contributed by atoms with Crippen LogP contribution in [-0.4, -0.2) is 15.5 Å². The van der Waals surface area contributed by atoms with E-state index in [1.54, 1.807) is 0 Å². The monoisotopic (exact) mass is 261 g/mol. The molecule has 1 aromatic heterocycles. The van der Waals surface area contributed by atoms with Crippen LogP contribution in [0.5, 0.6) is 0 Å². The van der Waals surface area contributed by atoms with Crippen LogP contribution in [0.4, 0.5) is 5.95 Å². The highest BCUT2D eigenvalue weighted by molar-refractivity contribution is 5.85. The molecule has 0 aliphatic carbocycles. The molecule has 4 N–H and O–H groups in total. The van der Waals surface area contributed by atoms with Crippen LogP contribution in [0.1, 0.15) is 0 Å². The number of aliphatic imine (C=N–C) groups is 1. The smallest absolute Gasteiger partial charge is 0.233 e. The topological polar surface area (TPSA) is 82.2 Å². The van der Waals surface area contributed by atoms with E-state index in [0.29, 0.717) is 5.95 Å². The van der Waals surface area contributed by atoms with E-state index >= 15 is 0 Å². The highest BCUT2D eigenvalue weighted by Crippen LogP contribution is 2.19. The molecule has 0 fully saturated rings. The zero-order valence-electron chi connectivity index (χ0n) is 8.62. The Bertz CT molecular complexity index is 502. The molecular weight excluding hydrogens is 249 g/mol. The first-order chi connectivity index (χ1) is 6.68. The summed E-state index contributed by atoms with van der Waals surface area (Å²) in [6.07, 6.45) is 0. The van der Waals surface area contributed by atoms with E-state index in [4.69, 9.17) is 11.5 Å². The predicted molar refractivity (Wildman–Crippen MR) is 70.7 cm³/mol. The van der Waals surface area contributed by atoms with Crippen LogP contribution in [0.15, 0.2) is 29.3 Å². The molecule has 1 heterocycles. The SMILES string of the molecule is Cl.Cl.Cn1c(N=C(N)N)nc2ccccc21. The molecule has 0 atom stereocenters. The maximum Gasteiger partial charge on any atom is 0.233 e. The largest absolute Gasteiger partial charge is 0.370 e. The van der Waals surface area contributed by atoms with E-state index in [2.05, 4.69) is 9.98 Å². The molecule has 88 valence electrons. The van der Waals surface area contributed by atoms with Gasteiger partial charge in [0.1, 0.15) is 0 Å². The first kappa shape index (κ1) is 14.5. The average molecular weight is 262 g/mol. The molecule has 0 amide bonds. The van der Waals surface area contributed by atoms with Gasteiger partial charge in [-0.1, -0.05) is 12.1 Å². The summed E-state index contributed by atoms with van der Waals surface area (Å²) >= 11 is 0. The second-order valence-corrected chi connectivity index (χ2v) is 3.00. The van der Waals surface area contributed by atoms with Gasteiger partial charge < -0.3 is 16.0 Å². The van der Waals surface area contributed by atoms with Crippen molar-refractivity contribution in [2.45, 2.75) is 0 Å². The Morgan fingerprint density at radius 1 is 1.25 bits per heavy atom. The fraction of sp³-hybridized carbons (Fsp3) is 0.111. The number of aryl methyl sites for hydroxylation is 1. The highest BCUT2D eigenvalue weighted by Gasteiger charge is 2.04. The molecule has 0 aliphatic rings. The number of hydrogen-bond acceptors (Lipinski definition) is 2. The number of nitrogens with two attached hydrogens (primary N) is 2. The molecule has 0 aliphatic heterocycles. The Morgan fingerprint density at radius 2 is 1.88 bits per heavy atom. The lowest BCUT2D eigenvalue weighted by molar-refractivity contribution is 0.942. The second kappa shape index (κ2) is 5.58. The zero-order valence-corrected chi connectivity index (χ0v) is 10.3. The van der Waals surface area contributed by atoms with Gasteiger partial charge in [0.2, 0.25) is 5.95 Å². The van der Waals surface area contributed by atoms with Crippen LogP contribution in [0.2, 0.25) is 0 Å². The molecule has 7 heteroatoms. The molecule has 16 heavy (non-hydrogen) atoms. The van der Waals surface area contributed by atoms with Crippen LogP contribution in [-0.2, 0) is 7.05 Å². The van der Waals surface area contributed by atoms with Gasteiger partial charge in [-0.3, -0.25) is 0 Å². The van der Waals surface area contributed by atoms with E-state index in [1.807, 2.05) is 35.9 Å². The van der Waals surface area contributed by atoms with Crippen molar-refractivity contribution in [3.05, 3.63) is 24.3 Å². The van der Waals surface area contributed by atoms with Gasteiger partial charge in [-0.25, -0.2) is 4.98 Å². The summed E-state index contributed by atoms with van der Waals surface area (Å²) in [6.45, 7) is 0. The lowest BCUT2D eigenvalue weighted by atomic mass is 10.3. The molecule has 0 saturated carbocycles. The second-order valence-electron chi connectivity index (χ2n) is 3.00. The van der Waals surface area contributed by atoms with Crippen LogP contribution >= 0.6 is 24.8 Å². The van der Waals surface area contributed by atoms with E-state index in [1.165, 1.54) is 0 Å². The summed E-state index contributed by atoms with van der Waals surface area (Å²) in [5.74, 6) is 0.537. The standard InChI is InChI=1S/C9H11N5.2ClH/c1-14-7-5-3-2-4-6(7)12-9(14)13-8(10)11;;/h2-5H,1H3,(H4,10,11,12,13);2*1H. The summed E-state index contributed by atoms with van der Waals surface area (Å²) in [5.41, 5.74) is 12.5. The van der Waals surface area contributed by atoms with E-state index in [9.17, 15) is 0 Å². The Morgan fingerprint density at radius 3 is 2.44 bits per heavy atom. The summed E-state index contributed by atoms with van der Waals surface area (Å²) in [5, 5.41) is 0. The molecule has 0 radical (unpaired) electrons. The normalized spacial score (nSPS) is 9.06. The van der Waals surface area contributed by atoms with E-state index < -0.39 is 0 Å². The number of hydrogen-bond donors (Lipinski definition) is 2. The van der Waals surface area contributed by atoms with Gasteiger partial charge in [-0.05, 0) is 12.1 Å². The van der Waals surface area contributed by atoms with Crippen molar-refractivity contribution in [2.75, 3.05) is 0 Å². The van der Waals surface area contributed by atoms with Crippen molar-refractivity contribution in [3.8, 4) is 0 Å². The Hall–Kier alpha value is -1.46. The van der Waals surface area contributed by atoms with Gasteiger partial charge in [-0.2, -0.15) is 4.99 Å². The summed E-state index contributed by atoms with van der Waals surface area (Å²) in [4.78, 5) is 8.19. The number of halogens is 2. The van der Waals surface area contributed by atoms with Gasteiger partial charge in [0.05, 0.1) is 11.0 Å². The number of benzene rings is 1. The molecule has 5 nitrogen and oxygen atoms in total. The molecular formula is C9H13Cl2N5. The molecule has 2 aromatic rings. The molecule has 0 unspecified atom stereocenters. The Kier molecular flexibility index (Phi) is 5.07. The fourth-order valence-electron chi connectivity index (χ4n) is 1.35. The predicted octanol–water partition coefficient (Wildman–Crippen LogP) is 1.32. The van der Waals surface area contributed by atoms with Gasteiger partial charge in [0, 0.05) is 7.05 Å². The van der Waals surface area contributed by atoms with Gasteiger partial charge >= 0.3 is 0 Å². The third kappa shape index (κ3) is 2.56. The summed E-state index contributed by atoms with van der Waals surface area (Å²) < 4.78 is 1.84. The maximum absolute atomic E-state index is 5.29. The minimum atomic E-state index is 0. The van der Waals surface area contributed by atoms with Crippen LogP contribution in [0.25, 0.3) is 11.0 Å². The van der Waals surface area contributed by atoms with Crippen LogP contribution < -0.4 is 11.5 Å². The summed E-state index contributed by atoms with van der Waals surface area (Å²) in [6, 6.07) is 7.76. The highest BCUT2D eigenvalue weighted by atomic mass is 35.5. The third-order valence-electron chi connectivity index (χ3n) is 1.99. The van der Waals surface area contributed by atoms with Crippen molar-refractivity contribution in [1.82, 2.24) is 9.55 Å².